The van der Waals surface area contributed by atoms with E-state index in [-0.39, 0.29) is 29.4 Å². The highest BCUT2D eigenvalue weighted by atomic mass is 35.5. The monoisotopic (exact) mass is 388 g/mol. The Morgan fingerprint density at radius 1 is 1.04 bits per heavy atom. The maximum atomic E-state index is 12.2. The molecular formula is C20H21ClN2O2S. The van der Waals surface area contributed by atoms with Gasteiger partial charge >= 0.3 is 0 Å². The van der Waals surface area contributed by atoms with Gasteiger partial charge in [-0.15, -0.1) is 11.8 Å². The number of thioether (sulfide) groups is 1. The minimum atomic E-state index is -0.131. The van der Waals surface area contributed by atoms with Crippen molar-refractivity contribution in [1.29, 1.82) is 0 Å². The van der Waals surface area contributed by atoms with Crippen molar-refractivity contribution in [1.82, 2.24) is 5.32 Å². The van der Waals surface area contributed by atoms with Crippen LogP contribution in [0.1, 0.15) is 30.0 Å². The van der Waals surface area contributed by atoms with E-state index in [1.54, 1.807) is 24.3 Å². The summed E-state index contributed by atoms with van der Waals surface area (Å²) in [6.45, 7) is 0. The third-order valence-corrected chi connectivity index (χ3v) is 5.48. The van der Waals surface area contributed by atoms with Crippen molar-refractivity contribution in [3.8, 4) is 0 Å². The van der Waals surface area contributed by atoms with Crippen molar-refractivity contribution in [3.05, 3.63) is 64.7 Å². The summed E-state index contributed by atoms with van der Waals surface area (Å²) in [6.07, 6.45) is 3.12. The summed E-state index contributed by atoms with van der Waals surface area (Å²) in [5.41, 5.74) is 3.24. The van der Waals surface area contributed by atoms with Crippen LogP contribution in [-0.2, 0) is 16.0 Å². The lowest BCUT2D eigenvalue weighted by molar-refractivity contribution is -0.119. The molecule has 1 atom stereocenters. The van der Waals surface area contributed by atoms with Crippen molar-refractivity contribution < 1.29 is 9.59 Å². The zero-order chi connectivity index (χ0) is 18.4. The van der Waals surface area contributed by atoms with Crippen LogP contribution in [-0.4, -0.2) is 23.3 Å². The van der Waals surface area contributed by atoms with Gasteiger partial charge in [-0.2, -0.15) is 0 Å². The average Bonchev–Trinajstić information content (AvgIpc) is 2.64. The number of carbonyl (C=O) groups excluding carboxylic acids is 2. The predicted octanol–water partition coefficient (Wildman–Crippen LogP) is 4.21. The second-order valence-corrected chi connectivity index (χ2v) is 7.68. The van der Waals surface area contributed by atoms with Crippen LogP contribution in [0.5, 0.6) is 0 Å². The Balaban J connectivity index is 1.42. The van der Waals surface area contributed by atoms with Gasteiger partial charge in [0.25, 0.3) is 0 Å². The number of rotatable bonds is 6. The van der Waals surface area contributed by atoms with E-state index in [0.29, 0.717) is 10.7 Å². The van der Waals surface area contributed by atoms with Crippen LogP contribution in [0.2, 0.25) is 5.02 Å². The number of nitrogens with one attached hydrogen (secondary N) is 2. The maximum absolute atomic E-state index is 12.2. The lowest BCUT2D eigenvalue weighted by atomic mass is 9.88. The van der Waals surface area contributed by atoms with Crippen LogP contribution in [0.15, 0.2) is 48.5 Å². The number of hydrogen-bond donors (Lipinski definition) is 2. The summed E-state index contributed by atoms with van der Waals surface area (Å²) in [4.78, 5) is 24.2. The molecule has 1 aliphatic carbocycles. The molecule has 2 N–H and O–H groups in total. The fourth-order valence-electron chi connectivity index (χ4n) is 3.11. The van der Waals surface area contributed by atoms with Gasteiger partial charge in [-0.3, -0.25) is 9.59 Å². The second-order valence-electron chi connectivity index (χ2n) is 6.26. The van der Waals surface area contributed by atoms with E-state index < -0.39 is 0 Å². The molecule has 136 valence electrons. The molecule has 0 spiro atoms. The van der Waals surface area contributed by atoms with E-state index in [0.717, 1.165) is 19.3 Å². The molecule has 26 heavy (non-hydrogen) atoms. The SMILES string of the molecule is O=C(CSCC(=O)N[C@@H]1CCCc2ccccc21)Nc1ccc(Cl)cc1. The molecule has 0 radical (unpaired) electrons. The number of fused-ring (bicyclic) bond motifs is 1. The Morgan fingerprint density at radius 3 is 2.58 bits per heavy atom. The molecule has 3 rings (SSSR count). The van der Waals surface area contributed by atoms with Crippen molar-refractivity contribution >= 4 is 40.9 Å². The van der Waals surface area contributed by atoms with Gasteiger partial charge in [-0.05, 0) is 54.7 Å². The summed E-state index contributed by atoms with van der Waals surface area (Å²) in [5.74, 6) is 0.341. The van der Waals surface area contributed by atoms with Crippen LogP contribution in [0.3, 0.4) is 0 Å². The molecular weight excluding hydrogens is 368 g/mol. The van der Waals surface area contributed by atoms with Gasteiger partial charge in [0.2, 0.25) is 11.8 Å². The fraction of sp³-hybridized carbons (Fsp3) is 0.300. The number of hydrogen-bond acceptors (Lipinski definition) is 3. The third-order valence-electron chi connectivity index (χ3n) is 4.30. The summed E-state index contributed by atoms with van der Waals surface area (Å²) in [5, 5.41) is 6.51. The molecule has 0 saturated carbocycles. The second kappa shape index (κ2) is 9.10. The first-order valence-corrected chi connectivity index (χ1v) is 10.2. The maximum Gasteiger partial charge on any atom is 0.234 e. The molecule has 0 fully saturated rings. The summed E-state index contributed by atoms with van der Waals surface area (Å²) in [6, 6.07) is 15.3. The molecule has 0 aliphatic heterocycles. The van der Waals surface area contributed by atoms with Crippen molar-refractivity contribution in [3.63, 3.8) is 0 Å². The average molecular weight is 389 g/mol. The minimum absolute atomic E-state index is 0.0315. The first kappa shape index (κ1) is 18.8. The topological polar surface area (TPSA) is 58.2 Å². The standard InChI is InChI=1S/C20H21ClN2O2S/c21-15-8-10-16(11-9-15)22-19(24)12-26-13-20(25)23-18-7-3-5-14-4-1-2-6-17(14)18/h1-2,4,6,8-11,18H,3,5,7,12-13H2,(H,22,24)(H,23,25)/t18-/m1/s1. The van der Waals surface area contributed by atoms with Crippen LogP contribution >= 0.6 is 23.4 Å². The molecule has 1 aliphatic rings. The first-order chi connectivity index (χ1) is 12.6. The molecule has 0 heterocycles. The fourth-order valence-corrected chi connectivity index (χ4v) is 3.86. The summed E-state index contributed by atoms with van der Waals surface area (Å²) in [7, 11) is 0. The van der Waals surface area contributed by atoms with Gasteiger partial charge in [0.05, 0.1) is 17.5 Å². The highest BCUT2D eigenvalue weighted by Crippen LogP contribution is 2.29. The first-order valence-electron chi connectivity index (χ1n) is 8.62. The smallest absolute Gasteiger partial charge is 0.234 e. The Morgan fingerprint density at radius 2 is 1.77 bits per heavy atom. The number of amides is 2. The Hall–Kier alpha value is -1.98. The Kier molecular flexibility index (Phi) is 6.58. The zero-order valence-corrected chi connectivity index (χ0v) is 15.9. The van der Waals surface area contributed by atoms with Crippen LogP contribution in [0.25, 0.3) is 0 Å². The number of carbonyl (C=O) groups is 2. The number of halogens is 1. The van der Waals surface area contributed by atoms with Crippen LogP contribution in [0.4, 0.5) is 5.69 Å². The Labute approximate surface area is 162 Å². The van der Waals surface area contributed by atoms with E-state index in [2.05, 4.69) is 22.8 Å². The van der Waals surface area contributed by atoms with Crippen molar-refractivity contribution in [2.75, 3.05) is 16.8 Å². The molecule has 2 aromatic rings. The highest BCUT2D eigenvalue weighted by molar-refractivity contribution is 8.00. The van der Waals surface area contributed by atoms with Crippen molar-refractivity contribution in [2.45, 2.75) is 25.3 Å². The van der Waals surface area contributed by atoms with Gasteiger partial charge in [0.15, 0.2) is 0 Å². The zero-order valence-electron chi connectivity index (χ0n) is 14.3. The lowest BCUT2D eigenvalue weighted by Crippen LogP contribution is -2.32. The molecule has 2 aromatic carbocycles. The quantitative estimate of drug-likeness (QED) is 0.779. The minimum Gasteiger partial charge on any atom is -0.349 e. The predicted molar refractivity (Wildman–Crippen MR) is 108 cm³/mol. The Bertz CT molecular complexity index is 780. The van der Waals surface area contributed by atoms with E-state index in [1.165, 1.54) is 22.9 Å². The van der Waals surface area contributed by atoms with Gasteiger partial charge in [0.1, 0.15) is 0 Å². The normalized spacial score (nSPS) is 15.8. The van der Waals surface area contributed by atoms with Crippen LogP contribution in [0, 0.1) is 0 Å². The van der Waals surface area contributed by atoms with Crippen LogP contribution < -0.4 is 10.6 Å². The van der Waals surface area contributed by atoms with Gasteiger partial charge in [-0.1, -0.05) is 35.9 Å². The van der Waals surface area contributed by atoms with E-state index in [4.69, 9.17) is 11.6 Å². The molecule has 0 bridgehead atoms. The van der Waals surface area contributed by atoms with E-state index >= 15 is 0 Å². The van der Waals surface area contributed by atoms with E-state index in [9.17, 15) is 9.59 Å². The molecule has 0 unspecified atom stereocenters. The largest absolute Gasteiger partial charge is 0.349 e. The van der Waals surface area contributed by atoms with Crippen molar-refractivity contribution in [2.24, 2.45) is 0 Å². The van der Waals surface area contributed by atoms with Gasteiger partial charge < -0.3 is 10.6 Å². The molecule has 4 nitrogen and oxygen atoms in total. The lowest BCUT2D eigenvalue weighted by Gasteiger charge is -2.26. The molecule has 0 saturated heterocycles. The van der Waals surface area contributed by atoms with E-state index in [1.807, 2.05) is 12.1 Å². The third kappa shape index (κ3) is 5.26. The number of anilines is 1. The number of aryl methyl sites for hydroxylation is 1. The highest BCUT2D eigenvalue weighted by Gasteiger charge is 2.21. The molecule has 2 amide bonds. The molecule has 6 heteroatoms. The molecule has 0 aromatic heterocycles. The van der Waals surface area contributed by atoms with Gasteiger partial charge in [-0.25, -0.2) is 0 Å². The summed E-state index contributed by atoms with van der Waals surface area (Å²) < 4.78 is 0. The summed E-state index contributed by atoms with van der Waals surface area (Å²) >= 11 is 7.13. The van der Waals surface area contributed by atoms with Gasteiger partial charge in [0, 0.05) is 10.7 Å². The number of benzene rings is 2.